The lowest BCUT2D eigenvalue weighted by atomic mass is 9.73. The van der Waals surface area contributed by atoms with Crippen LogP contribution in [0.3, 0.4) is 0 Å². The lowest BCUT2D eigenvalue weighted by molar-refractivity contribution is -0.128. The third-order valence-electron chi connectivity index (χ3n) is 12.1. The van der Waals surface area contributed by atoms with E-state index >= 15 is 0 Å². The molecular weight excluding hydrogens is 619 g/mol. The molecule has 4 fully saturated rings. The number of anilines is 3. The maximum atomic E-state index is 14.8. The molecule has 0 radical (unpaired) electrons. The van der Waals surface area contributed by atoms with E-state index in [4.69, 9.17) is 14.7 Å². The summed E-state index contributed by atoms with van der Waals surface area (Å²) in [6.45, 7) is 13.2. The average molecular weight is 665 g/mol. The number of halogens is 1. The first-order valence-electron chi connectivity index (χ1n) is 18.0. The molecule has 1 saturated carbocycles. The monoisotopic (exact) mass is 664 g/mol. The van der Waals surface area contributed by atoms with Crippen LogP contribution in [0.15, 0.2) is 49.1 Å². The number of nitrogens with zero attached hydrogens (tertiary/aromatic N) is 7. The third-order valence-corrected chi connectivity index (χ3v) is 12.1. The fourth-order valence-electron chi connectivity index (χ4n) is 9.01. The number of rotatable bonds is 7. The van der Waals surface area contributed by atoms with Gasteiger partial charge in [-0.15, -0.1) is 0 Å². The molecule has 49 heavy (non-hydrogen) atoms. The highest BCUT2D eigenvalue weighted by atomic mass is 19.1. The minimum absolute atomic E-state index is 0.190. The Balaban J connectivity index is 1.08. The quantitative estimate of drug-likeness (QED) is 0.268. The van der Waals surface area contributed by atoms with Crippen LogP contribution in [0.1, 0.15) is 58.4 Å². The van der Waals surface area contributed by atoms with Crippen LogP contribution in [0, 0.1) is 11.2 Å². The number of imidazole rings is 1. The molecule has 0 atom stereocenters. The first-order chi connectivity index (χ1) is 23.7. The van der Waals surface area contributed by atoms with Crippen LogP contribution in [0.5, 0.6) is 0 Å². The molecule has 11 heteroatoms. The molecule has 3 aromatic heterocycles. The lowest BCUT2D eigenvalue weighted by Gasteiger charge is -2.47. The molecule has 0 bridgehead atoms. The number of aryl methyl sites for hydroxylation is 1. The number of hydrogen-bond acceptors (Lipinski definition) is 8. The van der Waals surface area contributed by atoms with Crippen LogP contribution < -0.4 is 10.2 Å². The van der Waals surface area contributed by atoms with Crippen molar-refractivity contribution in [2.45, 2.75) is 83.0 Å². The van der Waals surface area contributed by atoms with Gasteiger partial charge in [-0.25, -0.2) is 14.4 Å². The Morgan fingerprint density at radius 1 is 1.00 bits per heavy atom. The summed E-state index contributed by atoms with van der Waals surface area (Å²) in [6.07, 6.45) is 9.46. The van der Waals surface area contributed by atoms with Crippen molar-refractivity contribution in [2.75, 3.05) is 49.6 Å². The first kappa shape index (κ1) is 31.1. The van der Waals surface area contributed by atoms with Gasteiger partial charge < -0.3 is 19.5 Å². The number of carbonyl (C=O) groups is 1. The van der Waals surface area contributed by atoms with E-state index in [1.807, 2.05) is 17.6 Å². The number of pyridine rings is 2. The topological polar surface area (TPSA) is 91.7 Å². The molecule has 1 aliphatic carbocycles. The standard InChI is InChI=1S/C38H45FN8O2/c1-4-44-23-41-32-18-31(43-35(34(32)44)42-30-7-11-40-19-29(30)39)24-5-6-28-33(15-24)47(26-16-25(17-26)46-12-8-37(2,3)22-46)36(48)38(28)9-13-45(14-10-38)27-20-49-21-27/h5-7,11,15,18-19,23,25-27H,4,8-10,12-14,16-17,20-22H2,1-3H3,(H,40,42,43)/t25-,26+. The second-order valence-corrected chi connectivity index (χ2v) is 15.6. The van der Waals surface area contributed by atoms with E-state index in [1.165, 1.54) is 12.6 Å². The number of piperidine rings is 1. The molecule has 4 aromatic rings. The third kappa shape index (κ3) is 5.07. The van der Waals surface area contributed by atoms with Gasteiger partial charge in [-0.05, 0) is 87.8 Å². The van der Waals surface area contributed by atoms with Crippen LogP contribution in [0.2, 0.25) is 0 Å². The molecule has 4 aliphatic heterocycles. The van der Waals surface area contributed by atoms with Crippen molar-refractivity contribution in [2.24, 2.45) is 5.41 Å². The second kappa shape index (κ2) is 11.6. The number of carbonyl (C=O) groups excluding carboxylic acids is 1. The number of fused-ring (bicyclic) bond motifs is 3. The Morgan fingerprint density at radius 2 is 1.80 bits per heavy atom. The summed E-state index contributed by atoms with van der Waals surface area (Å²) in [5.74, 6) is 0.356. The number of amides is 1. The minimum Gasteiger partial charge on any atom is -0.378 e. The molecule has 1 spiro atoms. The molecule has 1 aromatic carbocycles. The van der Waals surface area contributed by atoms with Crippen LogP contribution in [-0.4, -0.2) is 92.7 Å². The van der Waals surface area contributed by atoms with Crippen LogP contribution in [-0.2, 0) is 21.5 Å². The zero-order valence-electron chi connectivity index (χ0n) is 28.7. The average Bonchev–Trinajstić information content (AvgIpc) is 3.70. The SMILES string of the molecule is CCn1cnc2cc(-c3ccc4c(c3)N([C@H]3C[C@@H](N5CCC(C)(C)C5)C3)C(=O)C43CCN(C4COC4)CC3)nc(Nc3ccncc3F)c21. The number of nitrogens with one attached hydrogen (secondary N) is 1. The number of benzene rings is 1. The summed E-state index contributed by atoms with van der Waals surface area (Å²) in [6, 6.07) is 11.3. The van der Waals surface area contributed by atoms with Crippen molar-refractivity contribution in [1.82, 2.24) is 29.3 Å². The van der Waals surface area contributed by atoms with Crippen molar-refractivity contribution in [3.05, 3.63) is 60.4 Å². The Bertz CT molecular complexity index is 1920. The Labute approximate surface area is 286 Å². The molecule has 9 rings (SSSR count). The summed E-state index contributed by atoms with van der Waals surface area (Å²) in [5.41, 5.74) is 5.58. The van der Waals surface area contributed by atoms with Gasteiger partial charge >= 0.3 is 0 Å². The number of ether oxygens (including phenoxy) is 1. The molecule has 1 N–H and O–H groups in total. The van der Waals surface area contributed by atoms with E-state index in [1.54, 1.807) is 18.6 Å². The maximum Gasteiger partial charge on any atom is 0.238 e. The van der Waals surface area contributed by atoms with Crippen LogP contribution >= 0.6 is 0 Å². The highest BCUT2D eigenvalue weighted by molar-refractivity contribution is 6.09. The summed E-state index contributed by atoms with van der Waals surface area (Å²) >= 11 is 0. The van der Waals surface area contributed by atoms with Gasteiger partial charge in [-0.3, -0.25) is 19.6 Å². The molecule has 256 valence electrons. The molecule has 5 aliphatic rings. The first-order valence-corrected chi connectivity index (χ1v) is 18.0. The highest BCUT2D eigenvalue weighted by Gasteiger charge is 2.56. The van der Waals surface area contributed by atoms with Gasteiger partial charge in [-0.2, -0.15) is 0 Å². The van der Waals surface area contributed by atoms with Gasteiger partial charge in [0, 0.05) is 42.6 Å². The largest absolute Gasteiger partial charge is 0.378 e. The number of aromatic nitrogens is 4. The smallest absolute Gasteiger partial charge is 0.238 e. The zero-order chi connectivity index (χ0) is 33.5. The minimum atomic E-state index is -0.501. The zero-order valence-corrected chi connectivity index (χ0v) is 28.7. The van der Waals surface area contributed by atoms with Crippen molar-refractivity contribution in [3.63, 3.8) is 0 Å². The van der Waals surface area contributed by atoms with E-state index in [9.17, 15) is 9.18 Å². The molecule has 7 heterocycles. The van der Waals surface area contributed by atoms with E-state index < -0.39 is 11.2 Å². The van der Waals surface area contributed by atoms with Gasteiger partial charge in [0.05, 0.1) is 54.1 Å². The fraction of sp³-hybridized carbons (Fsp3) is 0.526. The summed E-state index contributed by atoms with van der Waals surface area (Å²) in [7, 11) is 0. The summed E-state index contributed by atoms with van der Waals surface area (Å²) < 4.78 is 22.3. The summed E-state index contributed by atoms with van der Waals surface area (Å²) in [5, 5.41) is 3.23. The van der Waals surface area contributed by atoms with Crippen LogP contribution in [0.25, 0.3) is 22.3 Å². The second-order valence-electron chi connectivity index (χ2n) is 15.6. The fourth-order valence-corrected chi connectivity index (χ4v) is 9.01. The van der Waals surface area contributed by atoms with Gasteiger partial charge in [0.15, 0.2) is 11.6 Å². The van der Waals surface area contributed by atoms with Crippen molar-refractivity contribution in [3.8, 4) is 11.3 Å². The Morgan fingerprint density at radius 3 is 2.49 bits per heavy atom. The molecule has 0 unspecified atom stereocenters. The van der Waals surface area contributed by atoms with Crippen molar-refractivity contribution in [1.29, 1.82) is 0 Å². The summed E-state index contributed by atoms with van der Waals surface area (Å²) in [4.78, 5) is 35.8. The Hall–Kier alpha value is -3.93. The lowest BCUT2D eigenvalue weighted by Crippen LogP contribution is -2.59. The molecule has 1 amide bonds. The van der Waals surface area contributed by atoms with Crippen LogP contribution in [0.4, 0.5) is 21.6 Å². The number of likely N-dealkylation sites (tertiary alicyclic amines) is 2. The van der Waals surface area contributed by atoms with Gasteiger partial charge in [-0.1, -0.05) is 26.0 Å². The van der Waals surface area contributed by atoms with Gasteiger partial charge in [0.1, 0.15) is 5.52 Å². The molecule has 3 saturated heterocycles. The van der Waals surface area contributed by atoms with E-state index in [2.05, 4.69) is 57.0 Å². The Kier molecular flexibility index (Phi) is 7.34. The molecular formula is C38H45FN8O2. The van der Waals surface area contributed by atoms with E-state index in [0.717, 1.165) is 98.6 Å². The number of hydrogen-bond donors (Lipinski definition) is 1. The molecule has 10 nitrogen and oxygen atoms in total. The maximum absolute atomic E-state index is 14.8. The van der Waals surface area contributed by atoms with E-state index in [-0.39, 0.29) is 11.9 Å². The highest BCUT2D eigenvalue weighted by Crippen LogP contribution is 2.52. The van der Waals surface area contributed by atoms with Crippen molar-refractivity contribution >= 4 is 34.1 Å². The van der Waals surface area contributed by atoms with Gasteiger partial charge in [0.25, 0.3) is 0 Å². The predicted octanol–water partition coefficient (Wildman–Crippen LogP) is 5.74. The van der Waals surface area contributed by atoms with Gasteiger partial charge in [0.2, 0.25) is 5.91 Å². The van der Waals surface area contributed by atoms with E-state index in [0.29, 0.717) is 35.5 Å². The normalized spacial score (nSPS) is 25.1. The van der Waals surface area contributed by atoms with Crippen molar-refractivity contribution < 1.29 is 13.9 Å². The predicted molar refractivity (Wildman–Crippen MR) is 187 cm³/mol.